The fourth-order valence-electron chi connectivity index (χ4n) is 2.65. The van der Waals surface area contributed by atoms with Crippen molar-refractivity contribution in [1.29, 1.82) is 0 Å². The number of alkyl halides is 3. The summed E-state index contributed by atoms with van der Waals surface area (Å²) < 4.78 is 63.1. The Bertz CT molecular complexity index is 778. The Labute approximate surface area is 150 Å². The van der Waals surface area contributed by atoms with Crippen LogP contribution in [0.1, 0.15) is 30.9 Å². The summed E-state index contributed by atoms with van der Waals surface area (Å²) in [5, 5.41) is 3.69. The van der Waals surface area contributed by atoms with Crippen molar-refractivity contribution in [1.82, 2.24) is 9.73 Å². The lowest BCUT2D eigenvalue weighted by molar-refractivity contribution is -0.137. The van der Waals surface area contributed by atoms with Gasteiger partial charge in [0.1, 0.15) is 0 Å². The summed E-state index contributed by atoms with van der Waals surface area (Å²) in [6, 6.07) is 4.55. The normalized spacial score (nSPS) is 19.6. The second kappa shape index (κ2) is 8.17. The number of hydrazone groups is 1. The van der Waals surface area contributed by atoms with Crippen LogP contribution >= 0.6 is 0 Å². The molecule has 1 saturated heterocycles. The molecule has 1 N–H and O–H groups in total. The first-order valence-corrected chi connectivity index (χ1v) is 9.72. The zero-order valence-electron chi connectivity index (χ0n) is 14.2. The van der Waals surface area contributed by atoms with E-state index < -0.39 is 33.6 Å². The highest BCUT2D eigenvalue weighted by Gasteiger charge is 2.31. The predicted octanol–water partition coefficient (Wildman–Crippen LogP) is 2.22. The van der Waals surface area contributed by atoms with E-state index in [1.54, 1.807) is 6.92 Å². The Kier molecular flexibility index (Phi) is 6.40. The largest absolute Gasteiger partial charge is 0.416 e. The van der Waals surface area contributed by atoms with Crippen molar-refractivity contribution < 1.29 is 26.4 Å². The van der Waals surface area contributed by atoms with E-state index in [0.29, 0.717) is 19.4 Å². The lowest BCUT2D eigenvalue weighted by atomic mass is 9.99. The minimum absolute atomic E-state index is 0.0327. The molecule has 10 heteroatoms. The number of carbonyl (C=O) groups excluding carboxylic acids is 1. The molecule has 1 aliphatic heterocycles. The molecule has 0 aromatic heterocycles. The number of hydrogen-bond acceptors (Lipinski definition) is 4. The summed E-state index contributed by atoms with van der Waals surface area (Å²) in [6.07, 6.45) is -2.24. The van der Waals surface area contributed by atoms with Crippen molar-refractivity contribution in [2.75, 3.05) is 18.8 Å². The SMILES string of the molecule is CCS(=O)(=O)N1CCC[C@H](C(=O)N/N=C\c2cccc(C(F)(F)F)c2)C1. The van der Waals surface area contributed by atoms with Gasteiger partial charge in [0.25, 0.3) is 0 Å². The van der Waals surface area contributed by atoms with Crippen LogP contribution in [-0.4, -0.2) is 43.7 Å². The Morgan fingerprint density at radius 1 is 1.42 bits per heavy atom. The molecule has 1 aromatic rings. The monoisotopic (exact) mass is 391 g/mol. The van der Waals surface area contributed by atoms with Gasteiger partial charge >= 0.3 is 6.18 Å². The third kappa shape index (κ3) is 5.28. The Balaban J connectivity index is 1.97. The second-order valence-corrected chi connectivity index (χ2v) is 8.21. The summed E-state index contributed by atoms with van der Waals surface area (Å²) >= 11 is 0. The van der Waals surface area contributed by atoms with Gasteiger partial charge in [0.05, 0.1) is 23.4 Å². The van der Waals surface area contributed by atoms with Crippen LogP contribution in [0.2, 0.25) is 0 Å². The van der Waals surface area contributed by atoms with Gasteiger partial charge in [-0.25, -0.2) is 18.1 Å². The van der Waals surface area contributed by atoms with E-state index in [-0.39, 0.29) is 17.9 Å². The highest BCUT2D eigenvalue weighted by Crippen LogP contribution is 2.29. The van der Waals surface area contributed by atoms with E-state index in [1.807, 2.05) is 0 Å². The van der Waals surface area contributed by atoms with Crippen LogP contribution in [0.4, 0.5) is 13.2 Å². The number of nitrogens with zero attached hydrogens (tertiary/aromatic N) is 2. The molecule has 0 saturated carbocycles. The van der Waals surface area contributed by atoms with Crippen molar-refractivity contribution in [2.24, 2.45) is 11.0 Å². The molecule has 1 atom stereocenters. The average molecular weight is 391 g/mol. The zero-order chi connectivity index (χ0) is 19.4. The van der Waals surface area contributed by atoms with Gasteiger partial charge in [-0.15, -0.1) is 0 Å². The van der Waals surface area contributed by atoms with Gasteiger partial charge in [-0.3, -0.25) is 4.79 Å². The molecule has 0 aliphatic carbocycles. The molecule has 0 radical (unpaired) electrons. The standard InChI is InChI=1S/C16H20F3N3O3S/c1-2-26(24,25)22-8-4-6-13(11-22)15(23)21-20-10-12-5-3-7-14(9-12)16(17,18)19/h3,5,7,9-10,13H,2,4,6,8,11H2,1H3,(H,21,23)/b20-10-/t13-/m0/s1. The maximum Gasteiger partial charge on any atom is 0.416 e. The van der Waals surface area contributed by atoms with Crippen molar-refractivity contribution in [3.05, 3.63) is 35.4 Å². The third-order valence-electron chi connectivity index (χ3n) is 4.12. The maximum absolute atomic E-state index is 12.7. The van der Waals surface area contributed by atoms with E-state index in [4.69, 9.17) is 0 Å². The number of rotatable bonds is 5. The first-order valence-electron chi connectivity index (χ1n) is 8.11. The first-order chi connectivity index (χ1) is 12.1. The number of benzene rings is 1. The maximum atomic E-state index is 12.7. The number of hydrogen-bond donors (Lipinski definition) is 1. The van der Waals surface area contributed by atoms with Crippen LogP contribution in [0.3, 0.4) is 0 Å². The average Bonchev–Trinajstić information content (AvgIpc) is 2.61. The van der Waals surface area contributed by atoms with Gasteiger partial charge in [-0.05, 0) is 37.5 Å². The molecule has 0 bridgehead atoms. The molecular formula is C16H20F3N3O3S. The summed E-state index contributed by atoms with van der Waals surface area (Å²) in [5.41, 5.74) is 1.67. The Morgan fingerprint density at radius 3 is 2.81 bits per heavy atom. The van der Waals surface area contributed by atoms with Crippen LogP contribution in [0.25, 0.3) is 0 Å². The molecule has 1 fully saturated rings. The van der Waals surface area contributed by atoms with Gasteiger partial charge in [0.2, 0.25) is 15.9 Å². The molecular weight excluding hydrogens is 371 g/mol. The molecule has 0 unspecified atom stereocenters. The third-order valence-corrected chi connectivity index (χ3v) is 5.96. The molecule has 144 valence electrons. The van der Waals surface area contributed by atoms with Crippen LogP contribution in [0.15, 0.2) is 29.4 Å². The number of piperidine rings is 1. The zero-order valence-corrected chi connectivity index (χ0v) is 15.0. The number of amides is 1. The van der Waals surface area contributed by atoms with E-state index >= 15 is 0 Å². The quantitative estimate of drug-likeness (QED) is 0.618. The number of halogens is 3. The summed E-state index contributed by atoms with van der Waals surface area (Å²) in [6.45, 7) is 2.01. The summed E-state index contributed by atoms with van der Waals surface area (Å²) in [5.74, 6) is -1.03. The summed E-state index contributed by atoms with van der Waals surface area (Å²) in [4.78, 5) is 12.1. The van der Waals surface area contributed by atoms with Crippen molar-refractivity contribution in [3.8, 4) is 0 Å². The predicted molar refractivity (Wildman–Crippen MR) is 90.9 cm³/mol. The molecule has 2 rings (SSSR count). The topological polar surface area (TPSA) is 78.8 Å². The van der Waals surface area contributed by atoms with E-state index in [9.17, 15) is 26.4 Å². The Morgan fingerprint density at radius 2 is 2.15 bits per heavy atom. The minimum Gasteiger partial charge on any atom is -0.273 e. The Hall–Kier alpha value is -1.94. The number of sulfonamides is 1. The minimum atomic E-state index is -4.45. The lowest BCUT2D eigenvalue weighted by Gasteiger charge is -2.30. The highest BCUT2D eigenvalue weighted by molar-refractivity contribution is 7.89. The van der Waals surface area contributed by atoms with Crippen molar-refractivity contribution >= 4 is 22.1 Å². The molecule has 1 aromatic carbocycles. The van der Waals surface area contributed by atoms with Crippen LogP contribution in [-0.2, 0) is 21.0 Å². The van der Waals surface area contributed by atoms with E-state index in [1.165, 1.54) is 16.4 Å². The first kappa shape index (κ1) is 20.4. The number of carbonyl (C=O) groups is 1. The van der Waals surface area contributed by atoms with Gasteiger partial charge in [0.15, 0.2) is 0 Å². The molecule has 0 spiro atoms. The van der Waals surface area contributed by atoms with Crippen molar-refractivity contribution in [2.45, 2.75) is 25.9 Å². The van der Waals surface area contributed by atoms with Crippen LogP contribution in [0, 0.1) is 5.92 Å². The van der Waals surface area contributed by atoms with Crippen molar-refractivity contribution in [3.63, 3.8) is 0 Å². The van der Waals surface area contributed by atoms with Gasteiger partial charge in [-0.2, -0.15) is 18.3 Å². The smallest absolute Gasteiger partial charge is 0.273 e. The molecule has 1 heterocycles. The fourth-order valence-corrected chi connectivity index (χ4v) is 3.83. The second-order valence-electron chi connectivity index (χ2n) is 5.96. The van der Waals surface area contributed by atoms with Crippen LogP contribution in [0.5, 0.6) is 0 Å². The lowest BCUT2D eigenvalue weighted by Crippen LogP contribution is -2.45. The molecule has 1 aliphatic rings. The fraction of sp³-hybridized carbons (Fsp3) is 0.500. The van der Waals surface area contributed by atoms with E-state index in [2.05, 4.69) is 10.5 Å². The molecule has 1 amide bonds. The molecule has 6 nitrogen and oxygen atoms in total. The highest BCUT2D eigenvalue weighted by atomic mass is 32.2. The number of nitrogens with one attached hydrogen (secondary N) is 1. The summed E-state index contributed by atoms with van der Waals surface area (Å²) in [7, 11) is -3.36. The van der Waals surface area contributed by atoms with Gasteiger partial charge < -0.3 is 0 Å². The van der Waals surface area contributed by atoms with Gasteiger partial charge in [-0.1, -0.05) is 12.1 Å². The van der Waals surface area contributed by atoms with E-state index in [0.717, 1.165) is 18.3 Å². The van der Waals surface area contributed by atoms with Crippen LogP contribution < -0.4 is 5.43 Å². The van der Waals surface area contributed by atoms with Gasteiger partial charge in [0, 0.05) is 13.1 Å². The molecule has 26 heavy (non-hydrogen) atoms.